The molecular formula is C19H33IN4O. The van der Waals surface area contributed by atoms with E-state index in [2.05, 4.69) is 40.4 Å². The molecule has 0 saturated carbocycles. The maximum atomic E-state index is 5.26. The van der Waals surface area contributed by atoms with Crippen LogP contribution in [-0.4, -0.2) is 50.2 Å². The number of nitrogens with one attached hydrogen (secondary N) is 2. The van der Waals surface area contributed by atoms with E-state index in [9.17, 15) is 0 Å². The Morgan fingerprint density at radius 2 is 2.16 bits per heavy atom. The zero-order valence-electron chi connectivity index (χ0n) is 15.9. The highest BCUT2D eigenvalue weighted by molar-refractivity contribution is 14.0. The Labute approximate surface area is 169 Å². The number of rotatable bonds is 6. The molecule has 1 aliphatic heterocycles. The molecule has 6 heteroatoms. The number of aliphatic imine (C=N–C) groups is 1. The summed E-state index contributed by atoms with van der Waals surface area (Å²) in [7, 11) is 3.51. The highest BCUT2D eigenvalue weighted by Gasteiger charge is 2.22. The molecular weight excluding hydrogens is 427 g/mol. The van der Waals surface area contributed by atoms with Gasteiger partial charge in [0.25, 0.3) is 0 Å². The van der Waals surface area contributed by atoms with Crippen LogP contribution < -0.4 is 15.4 Å². The third kappa shape index (κ3) is 7.01. The molecule has 0 aliphatic carbocycles. The van der Waals surface area contributed by atoms with Crippen molar-refractivity contribution < 1.29 is 4.74 Å². The summed E-state index contributed by atoms with van der Waals surface area (Å²) in [6.07, 6.45) is 3.99. The molecule has 1 aliphatic rings. The minimum atomic E-state index is 0. The van der Waals surface area contributed by atoms with Crippen molar-refractivity contribution in [1.29, 1.82) is 0 Å². The largest absolute Gasteiger partial charge is 0.497 e. The van der Waals surface area contributed by atoms with E-state index in [1.54, 1.807) is 7.11 Å². The molecule has 1 aromatic rings. The van der Waals surface area contributed by atoms with Crippen LogP contribution in [0.3, 0.4) is 0 Å². The number of hydrogen-bond acceptors (Lipinski definition) is 3. The van der Waals surface area contributed by atoms with Crippen LogP contribution in [0.5, 0.6) is 5.75 Å². The Morgan fingerprint density at radius 1 is 1.36 bits per heavy atom. The SMILES string of the molecule is CN=C(NCc1cccc(OC)c1)NCC(C)N1CCCCC1C.I. The fourth-order valence-corrected chi connectivity index (χ4v) is 3.33. The highest BCUT2D eigenvalue weighted by atomic mass is 127. The van der Waals surface area contributed by atoms with Crippen molar-refractivity contribution in [3.05, 3.63) is 29.8 Å². The number of hydrogen-bond donors (Lipinski definition) is 2. The van der Waals surface area contributed by atoms with E-state index in [1.807, 2.05) is 25.2 Å². The maximum absolute atomic E-state index is 5.26. The molecule has 5 nitrogen and oxygen atoms in total. The molecule has 2 unspecified atom stereocenters. The molecule has 0 bridgehead atoms. The van der Waals surface area contributed by atoms with Crippen LogP contribution in [0.25, 0.3) is 0 Å². The summed E-state index contributed by atoms with van der Waals surface area (Å²) in [5, 5.41) is 6.82. The van der Waals surface area contributed by atoms with Gasteiger partial charge in [0.15, 0.2) is 5.96 Å². The van der Waals surface area contributed by atoms with Gasteiger partial charge in [0, 0.05) is 32.2 Å². The van der Waals surface area contributed by atoms with Crippen LogP contribution in [0.1, 0.15) is 38.7 Å². The second-order valence-electron chi connectivity index (χ2n) is 6.59. The fourth-order valence-electron chi connectivity index (χ4n) is 3.33. The van der Waals surface area contributed by atoms with Crippen LogP contribution in [0.4, 0.5) is 0 Å². The lowest BCUT2D eigenvalue weighted by Crippen LogP contribution is -2.50. The predicted octanol–water partition coefficient (Wildman–Crippen LogP) is 3.24. The van der Waals surface area contributed by atoms with Gasteiger partial charge < -0.3 is 15.4 Å². The molecule has 0 radical (unpaired) electrons. The van der Waals surface area contributed by atoms with Crippen molar-refractivity contribution in [3.8, 4) is 5.75 Å². The van der Waals surface area contributed by atoms with Crippen molar-refractivity contribution in [2.24, 2.45) is 4.99 Å². The molecule has 0 aromatic heterocycles. The summed E-state index contributed by atoms with van der Waals surface area (Å²) in [6.45, 7) is 7.48. The first-order chi connectivity index (χ1) is 11.6. The first-order valence-electron chi connectivity index (χ1n) is 8.97. The summed E-state index contributed by atoms with van der Waals surface area (Å²) in [5.74, 6) is 1.72. The van der Waals surface area contributed by atoms with Crippen molar-refractivity contribution in [3.63, 3.8) is 0 Å². The Balaban J connectivity index is 0.00000312. The summed E-state index contributed by atoms with van der Waals surface area (Å²) in [6, 6.07) is 9.28. The lowest BCUT2D eigenvalue weighted by molar-refractivity contribution is 0.115. The van der Waals surface area contributed by atoms with Gasteiger partial charge in [0.2, 0.25) is 0 Å². The first kappa shape index (κ1) is 22.0. The van der Waals surface area contributed by atoms with Gasteiger partial charge in [-0.05, 0) is 50.9 Å². The number of halogens is 1. The average Bonchev–Trinajstić information content (AvgIpc) is 2.62. The molecule has 1 heterocycles. The van der Waals surface area contributed by atoms with Crippen LogP contribution in [-0.2, 0) is 6.54 Å². The van der Waals surface area contributed by atoms with Gasteiger partial charge in [0.1, 0.15) is 5.75 Å². The maximum Gasteiger partial charge on any atom is 0.191 e. The molecule has 142 valence electrons. The number of guanidine groups is 1. The van der Waals surface area contributed by atoms with Gasteiger partial charge in [0.05, 0.1) is 7.11 Å². The van der Waals surface area contributed by atoms with Crippen LogP contribution in [0.15, 0.2) is 29.3 Å². The zero-order chi connectivity index (χ0) is 17.4. The standard InChI is InChI=1S/C19H32N4O.HI/c1-15-8-5-6-11-23(15)16(2)13-21-19(20-3)22-14-17-9-7-10-18(12-17)24-4;/h7,9-10,12,15-16H,5-6,8,11,13-14H2,1-4H3,(H2,20,21,22);1H. The van der Waals surface area contributed by atoms with E-state index in [-0.39, 0.29) is 24.0 Å². The number of ether oxygens (including phenoxy) is 1. The van der Waals surface area contributed by atoms with Gasteiger partial charge in [-0.15, -0.1) is 24.0 Å². The minimum Gasteiger partial charge on any atom is -0.497 e. The predicted molar refractivity (Wildman–Crippen MR) is 116 cm³/mol. The second-order valence-corrected chi connectivity index (χ2v) is 6.59. The number of benzene rings is 1. The van der Waals surface area contributed by atoms with Gasteiger partial charge in [-0.25, -0.2) is 0 Å². The van der Waals surface area contributed by atoms with Crippen LogP contribution in [0.2, 0.25) is 0 Å². The summed E-state index contributed by atoms with van der Waals surface area (Å²) >= 11 is 0. The summed E-state index contributed by atoms with van der Waals surface area (Å²) < 4.78 is 5.26. The van der Waals surface area contributed by atoms with E-state index in [4.69, 9.17) is 4.74 Å². The van der Waals surface area contributed by atoms with E-state index < -0.39 is 0 Å². The van der Waals surface area contributed by atoms with Crippen molar-refractivity contribution >= 4 is 29.9 Å². The molecule has 2 atom stereocenters. The fraction of sp³-hybridized carbons (Fsp3) is 0.632. The van der Waals surface area contributed by atoms with Crippen molar-refractivity contribution in [2.45, 2.75) is 51.7 Å². The minimum absolute atomic E-state index is 0. The lowest BCUT2D eigenvalue weighted by atomic mass is 10.0. The summed E-state index contributed by atoms with van der Waals surface area (Å²) in [4.78, 5) is 6.93. The molecule has 1 saturated heterocycles. The van der Waals surface area contributed by atoms with E-state index in [0.717, 1.165) is 24.8 Å². The molecule has 2 N–H and O–H groups in total. The number of methoxy groups -OCH3 is 1. The van der Waals surface area contributed by atoms with Crippen LogP contribution in [0, 0.1) is 0 Å². The monoisotopic (exact) mass is 460 g/mol. The summed E-state index contributed by atoms with van der Waals surface area (Å²) in [5.41, 5.74) is 1.18. The van der Waals surface area contributed by atoms with Crippen molar-refractivity contribution in [1.82, 2.24) is 15.5 Å². The first-order valence-corrected chi connectivity index (χ1v) is 8.97. The lowest BCUT2D eigenvalue weighted by Gasteiger charge is -2.38. The van der Waals surface area contributed by atoms with Gasteiger partial charge >= 0.3 is 0 Å². The Kier molecular flexibility index (Phi) is 10.2. The number of likely N-dealkylation sites (tertiary alicyclic amines) is 1. The van der Waals surface area contributed by atoms with E-state index in [0.29, 0.717) is 12.1 Å². The second kappa shape index (κ2) is 11.6. The highest BCUT2D eigenvalue weighted by Crippen LogP contribution is 2.18. The Hall–Kier alpha value is -1.02. The molecule has 1 fully saturated rings. The van der Waals surface area contributed by atoms with Gasteiger partial charge in [-0.3, -0.25) is 9.89 Å². The van der Waals surface area contributed by atoms with E-state index in [1.165, 1.54) is 31.4 Å². The molecule has 25 heavy (non-hydrogen) atoms. The Bertz CT molecular complexity index is 538. The quantitative estimate of drug-likeness (QED) is 0.389. The molecule has 0 spiro atoms. The molecule has 2 rings (SSSR count). The third-order valence-electron chi connectivity index (χ3n) is 4.80. The van der Waals surface area contributed by atoms with E-state index >= 15 is 0 Å². The molecule has 0 amide bonds. The number of nitrogens with zero attached hydrogens (tertiary/aromatic N) is 2. The van der Waals surface area contributed by atoms with Crippen LogP contribution >= 0.6 is 24.0 Å². The number of piperidine rings is 1. The smallest absolute Gasteiger partial charge is 0.191 e. The third-order valence-corrected chi connectivity index (χ3v) is 4.80. The van der Waals surface area contributed by atoms with Crippen molar-refractivity contribution in [2.75, 3.05) is 27.2 Å². The Morgan fingerprint density at radius 3 is 2.84 bits per heavy atom. The average molecular weight is 460 g/mol. The zero-order valence-corrected chi connectivity index (χ0v) is 18.2. The van der Waals surface area contributed by atoms with Gasteiger partial charge in [-0.2, -0.15) is 0 Å². The molecule has 1 aromatic carbocycles. The topological polar surface area (TPSA) is 48.9 Å². The van der Waals surface area contributed by atoms with Gasteiger partial charge in [-0.1, -0.05) is 18.6 Å². The normalized spacial score (nSPS) is 19.7.